The molecule has 1 saturated heterocycles. The van der Waals surface area contributed by atoms with E-state index in [-0.39, 0.29) is 37.2 Å². The van der Waals surface area contributed by atoms with Crippen molar-refractivity contribution in [2.24, 2.45) is 5.92 Å². The van der Waals surface area contributed by atoms with Gasteiger partial charge in [-0.2, -0.15) is 0 Å². The van der Waals surface area contributed by atoms with Gasteiger partial charge in [-0.05, 0) is 5.92 Å². The van der Waals surface area contributed by atoms with Crippen molar-refractivity contribution in [2.75, 3.05) is 26.8 Å². The van der Waals surface area contributed by atoms with Crippen LogP contribution >= 0.6 is 0 Å². The highest BCUT2D eigenvalue weighted by molar-refractivity contribution is 5.88. The Kier molecular flexibility index (Phi) is 5.75. The van der Waals surface area contributed by atoms with Crippen molar-refractivity contribution in [2.45, 2.75) is 25.8 Å². The number of amides is 2. The Balaban J connectivity index is 2.61. The van der Waals surface area contributed by atoms with Crippen LogP contribution in [0.25, 0.3) is 0 Å². The molecule has 0 saturated carbocycles. The smallest absolute Gasteiger partial charge is 0.303 e. The van der Waals surface area contributed by atoms with Crippen molar-refractivity contribution in [1.82, 2.24) is 10.2 Å². The maximum Gasteiger partial charge on any atom is 0.303 e. The number of hydrogen-bond acceptors (Lipinski definition) is 4. The van der Waals surface area contributed by atoms with Gasteiger partial charge in [0.1, 0.15) is 6.04 Å². The van der Waals surface area contributed by atoms with Gasteiger partial charge in [0.2, 0.25) is 11.8 Å². The van der Waals surface area contributed by atoms with Crippen molar-refractivity contribution in [3.05, 3.63) is 0 Å². The molecule has 0 bridgehead atoms. The van der Waals surface area contributed by atoms with E-state index in [9.17, 15) is 14.4 Å². The molecule has 2 unspecified atom stereocenters. The number of likely N-dealkylation sites (N-methyl/N-ethyl adjacent to an activating group) is 1. The lowest BCUT2D eigenvalue weighted by Gasteiger charge is -2.34. The number of hydrogen-bond donors (Lipinski definition) is 2. The summed E-state index contributed by atoms with van der Waals surface area (Å²) in [5, 5.41) is 11.2. The number of nitrogens with one attached hydrogen (secondary N) is 1. The minimum absolute atomic E-state index is 0.0548. The van der Waals surface area contributed by atoms with Gasteiger partial charge in [0.05, 0.1) is 13.2 Å². The van der Waals surface area contributed by atoms with Crippen molar-refractivity contribution in [3.63, 3.8) is 0 Å². The molecule has 1 aliphatic heterocycles. The lowest BCUT2D eigenvalue weighted by atomic mass is 10.0. The molecular formula is C12H20N2O5. The molecule has 0 spiro atoms. The van der Waals surface area contributed by atoms with E-state index in [1.54, 1.807) is 6.92 Å². The summed E-state index contributed by atoms with van der Waals surface area (Å²) >= 11 is 0. The molecule has 0 aromatic rings. The van der Waals surface area contributed by atoms with Crippen molar-refractivity contribution in [1.29, 1.82) is 0 Å². The summed E-state index contributed by atoms with van der Waals surface area (Å²) in [6, 6.07) is -0.622. The molecule has 1 aliphatic rings. The zero-order valence-electron chi connectivity index (χ0n) is 11.2. The first-order valence-corrected chi connectivity index (χ1v) is 6.26. The monoisotopic (exact) mass is 272 g/mol. The molecular weight excluding hydrogens is 252 g/mol. The second kappa shape index (κ2) is 7.08. The Morgan fingerprint density at radius 2 is 2.11 bits per heavy atom. The highest BCUT2D eigenvalue weighted by Crippen LogP contribution is 2.14. The normalized spacial score (nSPS) is 20.7. The minimum atomic E-state index is -0.926. The van der Waals surface area contributed by atoms with Crippen LogP contribution in [0.15, 0.2) is 0 Å². The average molecular weight is 272 g/mol. The lowest BCUT2D eigenvalue weighted by Crippen LogP contribution is -2.55. The molecule has 2 amide bonds. The van der Waals surface area contributed by atoms with E-state index in [0.29, 0.717) is 13.2 Å². The first kappa shape index (κ1) is 15.4. The van der Waals surface area contributed by atoms with E-state index in [1.807, 2.05) is 0 Å². The van der Waals surface area contributed by atoms with E-state index in [4.69, 9.17) is 9.84 Å². The Morgan fingerprint density at radius 1 is 1.42 bits per heavy atom. The summed E-state index contributed by atoms with van der Waals surface area (Å²) in [4.78, 5) is 35.8. The van der Waals surface area contributed by atoms with Crippen LogP contribution in [0.3, 0.4) is 0 Å². The second-order valence-corrected chi connectivity index (χ2v) is 4.70. The Hall–Kier alpha value is -1.63. The van der Waals surface area contributed by atoms with Crippen LogP contribution in [0.5, 0.6) is 0 Å². The van der Waals surface area contributed by atoms with Crippen LogP contribution in [0.4, 0.5) is 0 Å². The first-order valence-electron chi connectivity index (χ1n) is 6.26. The van der Waals surface area contributed by atoms with Gasteiger partial charge in [-0.25, -0.2) is 0 Å². The summed E-state index contributed by atoms with van der Waals surface area (Å²) in [5.41, 5.74) is 0. The predicted molar refractivity (Wildman–Crippen MR) is 66.4 cm³/mol. The van der Waals surface area contributed by atoms with E-state index in [0.717, 1.165) is 0 Å². The lowest BCUT2D eigenvalue weighted by molar-refractivity contribution is -0.149. The van der Waals surface area contributed by atoms with Gasteiger partial charge in [0, 0.05) is 26.4 Å². The molecule has 1 rings (SSSR count). The van der Waals surface area contributed by atoms with Crippen LogP contribution in [0, 0.1) is 5.92 Å². The molecule has 0 aliphatic carbocycles. The SMILES string of the molecule is CNC(=O)C1COCCN1C(=O)CC(C)CC(=O)O. The fourth-order valence-electron chi connectivity index (χ4n) is 2.07. The molecule has 108 valence electrons. The maximum atomic E-state index is 12.1. The molecule has 19 heavy (non-hydrogen) atoms. The topological polar surface area (TPSA) is 95.9 Å². The number of morpholine rings is 1. The summed E-state index contributed by atoms with van der Waals surface area (Å²) in [6.45, 7) is 2.64. The van der Waals surface area contributed by atoms with Crippen LogP contribution in [0.1, 0.15) is 19.8 Å². The van der Waals surface area contributed by atoms with Gasteiger partial charge < -0.3 is 20.1 Å². The summed E-state index contributed by atoms with van der Waals surface area (Å²) in [7, 11) is 1.51. The summed E-state index contributed by atoms with van der Waals surface area (Å²) in [5.74, 6) is -1.65. The maximum absolute atomic E-state index is 12.1. The van der Waals surface area contributed by atoms with Gasteiger partial charge in [-0.15, -0.1) is 0 Å². The molecule has 0 aromatic heterocycles. The van der Waals surface area contributed by atoms with E-state index < -0.39 is 12.0 Å². The van der Waals surface area contributed by atoms with Gasteiger partial charge in [-0.3, -0.25) is 14.4 Å². The molecule has 1 fully saturated rings. The minimum Gasteiger partial charge on any atom is -0.481 e. The average Bonchev–Trinajstić information content (AvgIpc) is 2.36. The number of rotatable bonds is 5. The molecule has 1 heterocycles. The number of nitrogens with zero attached hydrogens (tertiary/aromatic N) is 1. The van der Waals surface area contributed by atoms with Gasteiger partial charge in [0.15, 0.2) is 0 Å². The Bertz CT molecular complexity index is 358. The van der Waals surface area contributed by atoms with Crippen LogP contribution < -0.4 is 5.32 Å². The Labute approximate surface area is 111 Å². The third-order valence-corrected chi connectivity index (χ3v) is 3.04. The Morgan fingerprint density at radius 3 is 2.68 bits per heavy atom. The van der Waals surface area contributed by atoms with E-state index in [2.05, 4.69) is 5.32 Å². The predicted octanol–water partition coefficient (Wildman–Crippen LogP) is -0.539. The summed E-state index contributed by atoms with van der Waals surface area (Å²) in [6.07, 6.45) is 0.0700. The molecule has 2 atom stereocenters. The van der Waals surface area contributed by atoms with Crippen LogP contribution in [-0.4, -0.2) is 60.6 Å². The molecule has 7 heteroatoms. The molecule has 0 radical (unpaired) electrons. The third-order valence-electron chi connectivity index (χ3n) is 3.04. The van der Waals surface area contributed by atoms with Gasteiger partial charge in [0.25, 0.3) is 0 Å². The number of aliphatic carboxylic acids is 1. The number of ether oxygens (including phenoxy) is 1. The molecule has 2 N–H and O–H groups in total. The standard InChI is InChI=1S/C12H20N2O5/c1-8(6-11(16)17)5-10(15)14-3-4-19-7-9(14)12(18)13-2/h8-9H,3-7H2,1-2H3,(H,13,18)(H,16,17). The highest BCUT2D eigenvalue weighted by Gasteiger charge is 2.32. The second-order valence-electron chi connectivity index (χ2n) is 4.70. The zero-order valence-corrected chi connectivity index (χ0v) is 11.2. The molecule has 7 nitrogen and oxygen atoms in total. The highest BCUT2D eigenvalue weighted by atomic mass is 16.5. The van der Waals surface area contributed by atoms with E-state index >= 15 is 0 Å². The number of carbonyl (C=O) groups is 3. The van der Waals surface area contributed by atoms with Crippen molar-refractivity contribution in [3.8, 4) is 0 Å². The third kappa shape index (κ3) is 4.51. The van der Waals surface area contributed by atoms with Crippen LogP contribution in [0.2, 0.25) is 0 Å². The number of carboxylic acid groups (broad SMARTS) is 1. The largest absolute Gasteiger partial charge is 0.481 e. The first-order chi connectivity index (χ1) is 8.95. The molecule has 0 aromatic carbocycles. The summed E-state index contributed by atoms with van der Waals surface area (Å²) < 4.78 is 5.21. The van der Waals surface area contributed by atoms with Crippen molar-refractivity contribution < 1.29 is 24.2 Å². The number of carboxylic acids is 1. The van der Waals surface area contributed by atoms with Crippen LogP contribution in [-0.2, 0) is 19.1 Å². The fourth-order valence-corrected chi connectivity index (χ4v) is 2.07. The number of carbonyl (C=O) groups excluding carboxylic acids is 2. The van der Waals surface area contributed by atoms with Crippen molar-refractivity contribution >= 4 is 17.8 Å². The van der Waals surface area contributed by atoms with Gasteiger partial charge in [-0.1, -0.05) is 6.92 Å². The van der Waals surface area contributed by atoms with Gasteiger partial charge >= 0.3 is 5.97 Å². The quantitative estimate of drug-likeness (QED) is 0.701. The van der Waals surface area contributed by atoms with E-state index in [1.165, 1.54) is 11.9 Å². The fraction of sp³-hybridized carbons (Fsp3) is 0.750. The zero-order chi connectivity index (χ0) is 14.4.